The van der Waals surface area contributed by atoms with Crippen LogP contribution in [0, 0.1) is 18.8 Å². The van der Waals surface area contributed by atoms with E-state index in [-0.39, 0.29) is 11.9 Å². The molecule has 3 rings (SSSR count). The van der Waals surface area contributed by atoms with Gasteiger partial charge in [-0.2, -0.15) is 4.98 Å². The second kappa shape index (κ2) is 7.53. The van der Waals surface area contributed by atoms with Gasteiger partial charge in [-0.25, -0.2) is 4.79 Å². The fourth-order valence-electron chi connectivity index (χ4n) is 4.04. The molecule has 1 aliphatic heterocycles. The molecule has 2 amide bonds. The molecule has 6 nitrogen and oxygen atoms in total. The van der Waals surface area contributed by atoms with E-state index in [1.807, 2.05) is 11.8 Å². The second-order valence-corrected chi connectivity index (χ2v) is 7.76. The summed E-state index contributed by atoms with van der Waals surface area (Å²) in [6.07, 6.45) is 6.57. The Labute approximate surface area is 144 Å². The highest BCUT2D eigenvalue weighted by atomic mass is 16.5. The predicted octanol–water partition coefficient (Wildman–Crippen LogP) is 3.48. The van der Waals surface area contributed by atoms with Crippen LogP contribution in [0.1, 0.15) is 70.0 Å². The Morgan fingerprint density at radius 2 is 2.00 bits per heavy atom. The molecule has 2 unspecified atom stereocenters. The molecule has 0 aromatic carbocycles. The Bertz CT molecular complexity index is 549. The van der Waals surface area contributed by atoms with Crippen LogP contribution in [0.5, 0.6) is 0 Å². The average molecular weight is 334 g/mol. The van der Waals surface area contributed by atoms with E-state index in [4.69, 9.17) is 4.52 Å². The van der Waals surface area contributed by atoms with Gasteiger partial charge in [-0.05, 0) is 44.4 Å². The molecule has 0 bridgehead atoms. The van der Waals surface area contributed by atoms with Crippen molar-refractivity contribution in [2.75, 3.05) is 13.1 Å². The molecule has 2 heterocycles. The van der Waals surface area contributed by atoms with Crippen molar-refractivity contribution in [2.45, 2.75) is 71.3 Å². The maximum atomic E-state index is 12.6. The smallest absolute Gasteiger partial charge is 0.317 e. The molecule has 0 radical (unpaired) electrons. The number of hydrogen-bond donors (Lipinski definition) is 1. The molecule has 1 aromatic heterocycles. The van der Waals surface area contributed by atoms with Crippen molar-refractivity contribution < 1.29 is 9.32 Å². The van der Waals surface area contributed by atoms with E-state index in [1.165, 1.54) is 12.8 Å². The lowest BCUT2D eigenvalue weighted by Gasteiger charge is -2.35. The van der Waals surface area contributed by atoms with Gasteiger partial charge in [0.25, 0.3) is 0 Å². The molecular formula is C18H30N4O2. The first kappa shape index (κ1) is 17.2. The zero-order chi connectivity index (χ0) is 17.1. The van der Waals surface area contributed by atoms with E-state index in [2.05, 4.69) is 29.3 Å². The van der Waals surface area contributed by atoms with Crippen LogP contribution in [0.15, 0.2) is 4.52 Å². The van der Waals surface area contributed by atoms with Gasteiger partial charge in [0, 0.05) is 25.0 Å². The summed E-state index contributed by atoms with van der Waals surface area (Å²) >= 11 is 0. The van der Waals surface area contributed by atoms with Crippen molar-refractivity contribution in [2.24, 2.45) is 11.8 Å². The Morgan fingerprint density at radius 3 is 2.62 bits per heavy atom. The van der Waals surface area contributed by atoms with E-state index in [9.17, 15) is 4.79 Å². The molecule has 2 aliphatic rings. The zero-order valence-corrected chi connectivity index (χ0v) is 15.1. The molecule has 1 aliphatic carbocycles. The molecule has 2 fully saturated rings. The van der Waals surface area contributed by atoms with E-state index in [1.54, 1.807) is 0 Å². The van der Waals surface area contributed by atoms with Crippen molar-refractivity contribution in [3.63, 3.8) is 0 Å². The topological polar surface area (TPSA) is 71.3 Å². The average Bonchev–Trinajstić information content (AvgIpc) is 3.01. The van der Waals surface area contributed by atoms with Crippen LogP contribution >= 0.6 is 0 Å². The molecule has 0 spiro atoms. The summed E-state index contributed by atoms with van der Waals surface area (Å²) in [7, 11) is 0. The maximum absolute atomic E-state index is 12.6. The van der Waals surface area contributed by atoms with Crippen LogP contribution < -0.4 is 5.32 Å². The van der Waals surface area contributed by atoms with Crippen molar-refractivity contribution in [1.29, 1.82) is 0 Å². The third-order valence-electron chi connectivity index (χ3n) is 5.66. The SMILES string of the molecule is Cc1noc(C2CCN(C(=O)NC3CCCC(C(C)C)C3)CC2)n1. The summed E-state index contributed by atoms with van der Waals surface area (Å²) in [6.45, 7) is 7.94. The van der Waals surface area contributed by atoms with Crippen LogP contribution in [0.2, 0.25) is 0 Å². The van der Waals surface area contributed by atoms with Gasteiger partial charge in [0.05, 0.1) is 0 Å². The maximum Gasteiger partial charge on any atom is 0.317 e. The fraction of sp³-hybridized carbons (Fsp3) is 0.833. The fourth-order valence-corrected chi connectivity index (χ4v) is 4.04. The highest BCUT2D eigenvalue weighted by molar-refractivity contribution is 5.74. The number of nitrogens with one attached hydrogen (secondary N) is 1. The molecule has 134 valence electrons. The molecule has 6 heteroatoms. The molecule has 1 saturated carbocycles. The lowest BCUT2D eigenvalue weighted by molar-refractivity contribution is 0.162. The minimum atomic E-state index is 0.101. The Balaban J connectivity index is 1.47. The number of amides is 2. The molecule has 24 heavy (non-hydrogen) atoms. The third-order valence-corrected chi connectivity index (χ3v) is 5.66. The minimum Gasteiger partial charge on any atom is -0.339 e. The van der Waals surface area contributed by atoms with Gasteiger partial charge in [-0.15, -0.1) is 0 Å². The van der Waals surface area contributed by atoms with Gasteiger partial charge in [-0.1, -0.05) is 31.8 Å². The number of aryl methyl sites for hydroxylation is 1. The van der Waals surface area contributed by atoms with Crippen LogP contribution in [-0.2, 0) is 0 Å². The Morgan fingerprint density at radius 1 is 1.25 bits per heavy atom. The van der Waals surface area contributed by atoms with E-state index in [0.717, 1.165) is 50.6 Å². The summed E-state index contributed by atoms with van der Waals surface area (Å²) in [5, 5.41) is 7.13. The largest absolute Gasteiger partial charge is 0.339 e. The molecule has 2 atom stereocenters. The van der Waals surface area contributed by atoms with Crippen molar-refractivity contribution in [3.8, 4) is 0 Å². The number of piperidine rings is 1. The number of carbonyl (C=O) groups is 1. The van der Waals surface area contributed by atoms with Gasteiger partial charge in [0.2, 0.25) is 5.89 Å². The number of carbonyl (C=O) groups excluding carboxylic acids is 1. The normalized spacial score (nSPS) is 25.9. The van der Waals surface area contributed by atoms with E-state index < -0.39 is 0 Å². The number of hydrogen-bond acceptors (Lipinski definition) is 4. The first-order chi connectivity index (χ1) is 11.5. The van der Waals surface area contributed by atoms with Gasteiger partial charge in [-0.3, -0.25) is 0 Å². The van der Waals surface area contributed by atoms with Crippen LogP contribution in [0.3, 0.4) is 0 Å². The lowest BCUT2D eigenvalue weighted by atomic mass is 9.79. The first-order valence-corrected chi connectivity index (χ1v) is 9.38. The van der Waals surface area contributed by atoms with Crippen molar-refractivity contribution in [1.82, 2.24) is 20.4 Å². The van der Waals surface area contributed by atoms with Gasteiger partial charge in [0.15, 0.2) is 5.82 Å². The van der Waals surface area contributed by atoms with E-state index in [0.29, 0.717) is 17.8 Å². The number of urea groups is 1. The van der Waals surface area contributed by atoms with Gasteiger partial charge in [0.1, 0.15) is 0 Å². The van der Waals surface area contributed by atoms with Crippen molar-refractivity contribution in [3.05, 3.63) is 11.7 Å². The summed E-state index contributed by atoms with van der Waals surface area (Å²) in [4.78, 5) is 18.8. The number of nitrogens with zero attached hydrogens (tertiary/aromatic N) is 3. The Kier molecular flexibility index (Phi) is 5.41. The quantitative estimate of drug-likeness (QED) is 0.918. The third kappa shape index (κ3) is 4.08. The van der Waals surface area contributed by atoms with Crippen molar-refractivity contribution >= 4 is 6.03 Å². The summed E-state index contributed by atoms with van der Waals surface area (Å²) in [5.74, 6) is 3.14. The first-order valence-electron chi connectivity index (χ1n) is 9.38. The number of rotatable bonds is 3. The predicted molar refractivity (Wildman–Crippen MR) is 91.7 cm³/mol. The van der Waals surface area contributed by atoms with Crippen LogP contribution in [-0.4, -0.2) is 40.2 Å². The molecule has 1 N–H and O–H groups in total. The second-order valence-electron chi connectivity index (χ2n) is 7.76. The lowest BCUT2D eigenvalue weighted by Crippen LogP contribution is -2.49. The molecule has 1 aromatic rings. The van der Waals surface area contributed by atoms with Gasteiger partial charge >= 0.3 is 6.03 Å². The van der Waals surface area contributed by atoms with Crippen LogP contribution in [0.25, 0.3) is 0 Å². The van der Waals surface area contributed by atoms with Crippen LogP contribution in [0.4, 0.5) is 4.79 Å². The van der Waals surface area contributed by atoms with Gasteiger partial charge < -0.3 is 14.7 Å². The number of aromatic nitrogens is 2. The van der Waals surface area contributed by atoms with E-state index >= 15 is 0 Å². The number of likely N-dealkylation sites (tertiary alicyclic amines) is 1. The minimum absolute atomic E-state index is 0.101. The highest BCUT2D eigenvalue weighted by Crippen LogP contribution is 2.30. The molecule has 1 saturated heterocycles. The Hall–Kier alpha value is -1.59. The summed E-state index contributed by atoms with van der Waals surface area (Å²) < 4.78 is 5.27. The molecular weight excluding hydrogens is 304 g/mol. The highest BCUT2D eigenvalue weighted by Gasteiger charge is 2.30. The summed E-state index contributed by atoms with van der Waals surface area (Å²) in [5.41, 5.74) is 0. The summed E-state index contributed by atoms with van der Waals surface area (Å²) in [6, 6.07) is 0.444. The monoisotopic (exact) mass is 334 g/mol. The standard InChI is InChI=1S/C18H30N4O2/c1-12(2)15-5-4-6-16(11-15)20-18(23)22-9-7-14(8-10-22)17-19-13(3)21-24-17/h12,14-16H,4-11H2,1-3H3,(H,20,23). The zero-order valence-electron chi connectivity index (χ0n) is 15.1.